The molecule has 2 aliphatic rings. The van der Waals surface area contributed by atoms with Crippen LogP contribution < -0.4 is 10.6 Å². The number of carbonyl (C=O) groups excluding carboxylic acids is 3. The van der Waals surface area contributed by atoms with E-state index in [1.165, 1.54) is 12.0 Å². The second-order valence-electron chi connectivity index (χ2n) is 11.9. The van der Waals surface area contributed by atoms with E-state index >= 15 is 0 Å². The van der Waals surface area contributed by atoms with E-state index in [2.05, 4.69) is 29.7 Å². The van der Waals surface area contributed by atoms with Gasteiger partial charge in [0.2, 0.25) is 11.8 Å². The zero-order valence-electron chi connectivity index (χ0n) is 25.1. The normalized spacial score (nSPS) is 20.1. The van der Waals surface area contributed by atoms with E-state index in [0.717, 1.165) is 43.1 Å². The van der Waals surface area contributed by atoms with E-state index in [4.69, 9.17) is 11.6 Å². The molecule has 3 unspecified atom stereocenters. The van der Waals surface area contributed by atoms with Crippen molar-refractivity contribution in [2.45, 2.75) is 69.9 Å². The number of halogens is 1. The maximum atomic E-state index is 13.9. The Labute approximate surface area is 259 Å². The molecular formula is C35H43ClN4O3. The summed E-state index contributed by atoms with van der Waals surface area (Å²) in [5, 5.41) is 9.22. The Kier molecular flexibility index (Phi) is 10.7. The molecule has 3 amide bonds. The molecule has 0 radical (unpaired) electrons. The summed E-state index contributed by atoms with van der Waals surface area (Å²) in [4.78, 5) is 44.0. The van der Waals surface area contributed by atoms with Gasteiger partial charge in [0.15, 0.2) is 0 Å². The van der Waals surface area contributed by atoms with E-state index in [1.54, 1.807) is 0 Å². The second kappa shape index (κ2) is 14.8. The van der Waals surface area contributed by atoms with Gasteiger partial charge in [-0.15, -0.1) is 0 Å². The predicted molar refractivity (Wildman–Crippen MR) is 172 cm³/mol. The first kappa shape index (κ1) is 31.0. The number of amides is 3. The first-order valence-electron chi connectivity index (χ1n) is 15.8. The van der Waals surface area contributed by atoms with Gasteiger partial charge in [0, 0.05) is 61.7 Å². The largest absolute Gasteiger partial charge is 0.350 e. The Morgan fingerprint density at radius 3 is 2.49 bits per heavy atom. The Bertz CT molecular complexity index is 1410. The Morgan fingerprint density at radius 2 is 1.72 bits per heavy atom. The van der Waals surface area contributed by atoms with Crippen LogP contribution in [0.2, 0.25) is 5.02 Å². The van der Waals surface area contributed by atoms with Crippen LogP contribution in [0.25, 0.3) is 10.8 Å². The van der Waals surface area contributed by atoms with Crippen molar-refractivity contribution in [3.8, 4) is 0 Å². The van der Waals surface area contributed by atoms with Gasteiger partial charge in [-0.05, 0) is 79.1 Å². The molecule has 0 spiro atoms. The summed E-state index contributed by atoms with van der Waals surface area (Å²) in [6, 6.07) is 21.0. The van der Waals surface area contributed by atoms with Crippen molar-refractivity contribution in [1.29, 1.82) is 0 Å². The number of benzene rings is 3. The lowest BCUT2D eigenvalue weighted by Crippen LogP contribution is -2.49. The van der Waals surface area contributed by atoms with Gasteiger partial charge in [0.25, 0.3) is 5.91 Å². The number of hydrogen-bond donors (Lipinski definition) is 2. The van der Waals surface area contributed by atoms with Gasteiger partial charge in [0.1, 0.15) is 0 Å². The van der Waals surface area contributed by atoms with Crippen LogP contribution in [0.3, 0.4) is 0 Å². The molecule has 5 rings (SSSR count). The highest BCUT2D eigenvalue weighted by Crippen LogP contribution is 2.24. The first-order valence-corrected chi connectivity index (χ1v) is 16.1. The quantitative estimate of drug-likeness (QED) is 0.309. The van der Waals surface area contributed by atoms with Crippen molar-refractivity contribution in [3.63, 3.8) is 0 Å². The molecule has 3 atom stereocenters. The number of likely N-dealkylation sites (tertiary alicyclic amines) is 1. The van der Waals surface area contributed by atoms with Gasteiger partial charge < -0.3 is 20.4 Å². The molecule has 0 saturated carbocycles. The van der Waals surface area contributed by atoms with Crippen LogP contribution in [-0.4, -0.2) is 72.3 Å². The fourth-order valence-corrected chi connectivity index (χ4v) is 6.52. The molecule has 7 nitrogen and oxygen atoms in total. The zero-order valence-corrected chi connectivity index (χ0v) is 25.8. The molecule has 8 heteroatoms. The van der Waals surface area contributed by atoms with Crippen LogP contribution in [0, 0.1) is 0 Å². The molecule has 228 valence electrons. The van der Waals surface area contributed by atoms with Crippen LogP contribution in [-0.2, 0) is 9.59 Å². The number of hydrogen-bond acceptors (Lipinski definition) is 4. The number of rotatable bonds is 10. The van der Waals surface area contributed by atoms with Gasteiger partial charge >= 0.3 is 0 Å². The molecule has 2 heterocycles. The smallest absolute Gasteiger partial charge is 0.251 e. The van der Waals surface area contributed by atoms with Crippen LogP contribution in [0.4, 0.5) is 0 Å². The lowest BCUT2D eigenvalue weighted by Gasteiger charge is -2.30. The van der Waals surface area contributed by atoms with Crippen molar-refractivity contribution < 1.29 is 14.4 Å². The number of fused-ring (bicyclic) bond motifs is 1. The van der Waals surface area contributed by atoms with E-state index in [1.807, 2.05) is 64.4 Å². The average molecular weight is 603 g/mol. The van der Waals surface area contributed by atoms with Crippen molar-refractivity contribution >= 4 is 40.1 Å². The fraction of sp³-hybridized carbons (Fsp3) is 0.457. The molecule has 0 bridgehead atoms. The molecule has 0 aromatic heterocycles. The highest BCUT2D eigenvalue weighted by molar-refractivity contribution is 6.31. The van der Waals surface area contributed by atoms with E-state index in [0.29, 0.717) is 49.5 Å². The van der Waals surface area contributed by atoms with Crippen LogP contribution in [0.1, 0.15) is 73.7 Å². The maximum absolute atomic E-state index is 13.9. The third-order valence-corrected chi connectivity index (χ3v) is 9.16. The third-order valence-electron chi connectivity index (χ3n) is 8.93. The Balaban J connectivity index is 1.26. The highest BCUT2D eigenvalue weighted by Gasteiger charge is 2.33. The second-order valence-corrected chi connectivity index (χ2v) is 12.3. The lowest BCUT2D eigenvalue weighted by atomic mass is 9.95. The topological polar surface area (TPSA) is 81.8 Å². The van der Waals surface area contributed by atoms with Crippen LogP contribution >= 0.6 is 11.6 Å². The first-order chi connectivity index (χ1) is 20.9. The van der Waals surface area contributed by atoms with E-state index in [-0.39, 0.29) is 29.7 Å². The number of nitrogens with zero attached hydrogens (tertiary/aromatic N) is 2. The minimum absolute atomic E-state index is 0.0443. The molecule has 3 aromatic rings. The van der Waals surface area contributed by atoms with Gasteiger partial charge in [-0.2, -0.15) is 0 Å². The minimum Gasteiger partial charge on any atom is -0.350 e. The summed E-state index contributed by atoms with van der Waals surface area (Å²) in [6.45, 7) is 5.41. The van der Waals surface area contributed by atoms with Crippen molar-refractivity contribution in [2.75, 3.05) is 32.7 Å². The molecule has 2 N–H and O–H groups in total. The van der Waals surface area contributed by atoms with Gasteiger partial charge in [-0.1, -0.05) is 61.0 Å². The van der Waals surface area contributed by atoms with E-state index < -0.39 is 6.04 Å². The molecular weight excluding hydrogens is 560 g/mol. The maximum Gasteiger partial charge on any atom is 0.251 e. The average Bonchev–Trinajstić information content (AvgIpc) is 3.19. The van der Waals surface area contributed by atoms with Gasteiger partial charge in [0.05, 0.1) is 6.04 Å². The number of nitrogens with one attached hydrogen (secondary N) is 2. The summed E-state index contributed by atoms with van der Waals surface area (Å²) in [5.74, 6) is 0.254. The SMILES string of the molecule is CCC(CN1CCC(CNC(=O)c2ccc3cc(Cl)ccc3c2)NC(CCC(=O)N2CCCCC2)C1=O)c1ccccc1. The zero-order chi connectivity index (χ0) is 30.2. The predicted octanol–water partition coefficient (Wildman–Crippen LogP) is 5.77. The summed E-state index contributed by atoms with van der Waals surface area (Å²) in [5.41, 5.74) is 1.81. The number of carbonyl (C=O) groups is 3. The van der Waals surface area contributed by atoms with Crippen molar-refractivity contribution in [2.24, 2.45) is 0 Å². The standard InChI is InChI=1S/C35H43ClN4O3/c1-2-25(26-9-5-3-6-10-26)24-40-20-17-31(38-32(35(40)43)15-16-33(41)39-18-7-4-8-19-39)23-37-34(42)29-12-11-28-22-30(36)14-13-27(28)21-29/h3,5-6,9-14,21-22,25,31-32,38H,2,4,7-8,15-20,23-24H2,1H3,(H,37,42). The Morgan fingerprint density at radius 1 is 0.977 bits per heavy atom. The molecule has 2 saturated heterocycles. The fourth-order valence-electron chi connectivity index (χ4n) is 6.34. The van der Waals surface area contributed by atoms with Gasteiger partial charge in [-0.3, -0.25) is 14.4 Å². The van der Waals surface area contributed by atoms with Gasteiger partial charge in [-0.25, -0.2) is 0 Å². The molecule has 2 fully saturated rings. The van der Waals surface area contributed by atoms with Crippen LogP contribution in [0.15, 0.2) is 66.7 Å². The lowest BCUT2D eigenvalue weighted by molar-refractivity contribution is -0.134. The summed E-state index contributed by atoms with van der Waals surface area (Å²) >= 11 is 6.11. The van der Waals surface area contributed by atoms with E-state index in [9.17, 15) is 14.4 Å². The summed E-state index contributed by atoms with van der Waals surface area (Å²) in [7, 11) is 0. The molecule has 43 heavy (non-hydrogen) atoms. The highest BCUT2D eigenvalue weighted by atomic mass is 35.5. The molecule has 0 aliphatic carbocycles. The minimum atomic E-state index is -0.475. The molecule has 3 aromatic carbocycles. The summed E-state index contributed by atoms with van der Waals surface area (Å²) < 4.78 is 0. The van der Waals surface area contributed by atoms with Crippen molar-refractivity contribution in [1.82, 2.24) is 20.4 Å². The monoisotopic (exact) mass is 602 g/mol. The molecule has 2 aliphatic heterocycles. The summed E-state index contributed by atoms with van der Waals surface area (Å²) in [6.07, 6.45) is 5.69. The van der Waals surface area contributed by atoms with Crippen LogP contribution in [0.5, 0.6) is 0 Å². The Hall–Kier alpha value is -3.42. The third kappa shape index (κ3) is 8.15. The number of piperidine rings is 1. The van der Waals surface area contributed by atoms with Crippen molar-refractivity contribution in [3.05, 3.63) is 82.9 Å².